The summed E-state index contributed by atoms with van der Waals surface area (Å²) in [6, 6.07) is 10.2. The molecule has 3 rings (SSSR count). The van der Waals surface area contributed by atoms with E-state index in [-0.39, 0.29) is 10.6 Å². The molecule has 0 radical (unpaired) electrons. The minimum absolute atomic E-state index is 0.0221. The van der Waals surface area contributed by atoms with Crippen molar-refractivity contribution in [1.82, 2.24) is 0 Å². The SMILES string of the molecule is CC(=NNc1ccc(Cl)c(C(=O)O)c1)c1ccc2c(c1)OCCO2. The second-order valence-corrected chi connectivity index (χ2v) is 5.57. The van der Waals surface area contributed by atoms with Gasteiger partial charge < -0.3 is 14.6 Å². The predicted octanol–water partition coefficient (Wildman–Crippen LogP) is 3.65. The Kier molecular flexibility index (Phi) is 4.57. The van der Waals surface area contributed by atoms with Crippen LogP contribution in [0.4, 0.5) is 5.69 Å². The number of fused-ring (bicyclic) bond motifs is 1. The molecule has 1 heterocycles. The van der Waals surface area contributed by atoms with Crippen molar-refractivity contribution >= 4 is 29.0 Å². The standard InChI is InChI=1S/C17H15ClN2O4/c1-10(11-2-5-15-16(8-11)24-7-6-23-15)19-20-12-3-4-14(18)13(9-12)17(21)22/h2-5,8-9,20H,6-7H2,1H3,(H,21,22). The Morgan fingerprint density at radius 2 is 1.92 bits per heavy atom. The van der Waals surface area contributed by atoms with Gasteiger partial charge in [0.25, 0.3) is 0 Å². The smallest absolute Gasteiger partial charge is 0.337 e. The molecule has 0 fully saturated rings. The highest BCUT2D eigenvalue weighted by molar-refractivity contribution is 6.33. The van der Waals surface area contributed by atoms with Crippen LogP contribution >= 0.6 is 11.6 Å². The van der Waals surface area contributed by atoms with Crippen LogP contribution in [0.1, 0.15) is 22.8 Å². The molecule has 0 atom stereocenters. The van der Waals surface area contributed by atoms with Gasteiger partial charge in [0.1, 0.15) is 13.2 Å². The van der Waals surface area contributed by atoms with Crippen LogP contribution < -0.4 is 14.9 Å². The molecule has 2 N–H and O–H groups in total. The van der Waals surface area contributed by atoms with E-state index in [1.54, 1.807) is 6.07 Å². The molecule has 0 bridgehead atoms. The lowest BCUT2D eigenvalue weighted by Gasteiger charge is -2.18. The number of nitrogens with zero attached hydrogens (tertiary/aromatic N) is 1. The normalized spacial score (nSPS) is 13.5. The first-order chi connectivity index (χ1) is 11.5. The summed E-state index contributed by atoms with van der Waals surface area (Å²) >= 11 is 5.85. The molecular formula is C17H15ClN2O4. The zero-order valence-corrected chi connectivity index (χ0v) is 13.6. The van der Waals surface area contributed by atoms with Crippen LogP contribution in [0, 0.1) is 0 Å². The minimum atomic E-state index is -1.09. The van der Waals surface area contributed by atoms with Crippen LogP contribution in [-0.2, 0) is 0 Å². The van der Waals surface area contributed by atoms with Crippen LogP contribution in [0.25, 0.3) is 0 Å². The number of nitrogens with one attached hydrogen (secondary N) is 1. The molecule has 7 heteroatoms. The van der Waals surface area contributed by atoms with Crippen molar-refractivity contribution in [1.29, 1.82) is 0 Å². The second kappa shape index (κ2) is 6.80. The van der Waals surface area contributed by atoms with Gasteiger partial charge in [-0.3, -0.25) is 5.43 Å². The van der Waals surface area contributed by atoms with Gasteiger partial charge in [-0.25, -0.2) is 4.79 Å². The van der Waals surface area contributed by atoms with E-state index in [9.17, 15) is 4.79 Å². The lowest BCUT2D eigenvalue weighted by Crippen LogP contribution is -2.15. The Morgan fingerprint density at radius 3 is 2.67 bits per heavy atom. The van der Waals surface area contributed by atoms with Crippen molar-refractivity contribution in [3.8, 4) is 11.5 Å². The molecule has 0 saturated heterocycles. The Morgan fingerprint density at radius 1 is 1.17 bits per heavy atom. The second-order valence-electron chi connectivity index (χ2n) is 5.17. The van der Waals surface area contributed by atoms with Crippen molar-refractivity contribution in [3.63, 3.8) is 0 Å². The van der Waals surface area contributed by atoms with E-state index in [1.165, 1.54) is 12.1 Å². The van der Waals surface area contributed by atoms with E-state index in [0.29, 0.717) is 24.7 Å². The number of carboxylic acids is 1. The van der Waals surface area contributed by atoms with E-state index in [2.05, 4.69) is 10.5 Å². The van der Waals surface area contributed by atoms with Gasteiger partial charge in [0, 0.05) is 5.56 Å². The van der Waals surface area contributed by atoms with Crippen molar-refractivity contribution in [3.05, 3.63) is 52.5 Å². The highest BCUT2D eigenvalue weighted by atomic mass is 35.5. The molecule has 0 spiro atoms. The summed E-state index contributed by atoms with van der Waals surface area (Å²) in [7, 11) is 0. The number of halogens is 1. The van der Waals surface area contributed by atoms with Gasteiger partial charge in [0.2, 0.25) is 0 Å². The van der Waals surface area contributed by atoms with Crippen LogP contribution in [0.15, 0.2) is 41.5 Å². The van der Waals surface area contributed by atoms with Gasteiger partial charge in [-0.2, -0.15) is 5.10 Å². The monoisotopic (exact) mass is 346 g/mol. The lowest BCUT2D eigenvalue weighted by atomic mass is 10.1. The number of rotatable bonds is 4. The van der Waals surface area contributed by atoms with Gasteiger partial charge in [0.15, 0.2) is 11.5 Å². The molecule has 1 aliphatic rings. The van der Waals surface area contributed by atoms with E-state index in [1.807, 2.05) is 25.1 Å². The van der Waals surface area contributed by atoms with Crippen LogP contribution in [-0.4, -0.2) is 30.0 Å². The van der Waals surface area contributed by atoms with E-state index in [4.69, 9.17) is 26.2 Å². The summed E-state index contributed by atoms with van der Waals surface area (Å²) in [6.07, 6.45) is 0. The van der Waals surface area contributed by atoms with E-state index < -0.39 is 5.97 Å². The summed E-state index contributed by atoms with van der Waals surface area (Å²) in [4.78, 5) is 11.1. The predicted molar refractivity (Wildman–Crippen MR) is 91.7 cm³/mol. The van der Waals surface area contributed by atoms with Gasteiger partial charge in [0.05, 0.1) is 22.0 Å². The molecule has 2 aromatic rings. The van der Waals surface area contributed by atoms with Gasteiger partial charge in [-0.1, -0.05) is 11.6 Å². The number of hydrazone groups is 1. The molecule has 24 heavy (non-hydrogen) atoms. The molecule has 2 aromatic carbocycles. The summed E-state index contributed by atoms with van der Waals surface area (Å²) < 4.78 is 11.0. The Bertz CT molecular complexity index is 820. The first kappa shape index (κ1) is 16.1. The third kappa shape index (κ3) is 3.44. The highest BCUT2D eigenvalue weighted by Crippen LogP contribution is 2.31. The molecule has 124 valence electrons. The van der Waals surface area contributed by atoms with Gasteiger partial charge in [-0.05, 0) is 43.3 Å². The largest absolute Gasteiger partial charge is 0.486 e. The number of aromatic carboxylic acids is 1. The molecule has 0 amide bonds. The number of hydrogen-bond acceptors (Lipinski definition) is 5. The quantitative estimate of drug-likeness (QED) is 0.652. The summed E-state index contributed by atoms with van der Waals surface area (Å²) in [5, 5.41) is 13.5. The third-order valence-electron chi connectivity index (χ3n) is 3.51. The first-order valence-corrected chi connectivity index (χ1v) is 7.65. The summed E-state index contributed by atoms with van der Waals surface area (Å²) in [6.45, 7) is 2.91. The van der Waals surface area contributed by atoms with Crippen LogP contribution in [0.2, 0.25) is 5.02 Å². The van der Waals surface area contributed by atoms with Crippen molar-refractivity contribution in [2.24, 2.45) is 5.10 Å². The third-order valence-corrected chi connectivity index (χ3v) is 3.84. The topological polar surface area (TPSA) is 80.2 Å². The zero-order valence-electron chi connectivity index (χ0n) is 12.9. The molecule has 0 unspecified atom stereocenters. The van der Waals surface area contributed by atoms with Crippen LogP contribution in [0.3, 0.4) is 0 Å². The maximum Gasteiger partial charge on any atom is 0.337 e. The van der Waals surface area contributed by atoms with Crippen molar-refractivity contribution < 1.29 is 19.4 Å². The van der Waals surface area contributed by atoms with Gasteiger partial charge in [-0.15, -0.1) is 0 Å². The number of carbonyl (C=O) groups is 1. The summed E-state index contributed by atoms with van der Waals surface area (Å²) in [5.41, 5.74) is 4.99. The maximum absolute atomic E-state index is 11.1. The summed E-state index contributed by atoms with van der Waals surface area (Å²) in [5.74, 6) is 0.318. The molecular weight excluding hydrogens is 332 g/mol. The fourth-order valence-corrected chi connectivity index (χ4v) is 2.44. The van der Waals surface area contributed by atoms with E-state index >= 15 is 0 Å². The number of benzene rings is 2. The fourth-order valence-electron chi connectivity index (χ4n) is 2.24. The van der Waals surface area contributed by atoms with Crippen molar-refractivity contribution in [2.45, 2.75) is 6.92 Å². The Hall–Kier alpha value is -2.73. The van der Waals surface area contributed by atoms with Crippen molar-refractivity contribution in [2.75, 3.05) is 18.6 Å². The number of carboxylic acid groups (broad SMARTS) is 1. The van der Waals surface area contributed by atoms with Crippen LogP contribution in [0.5, 0.6) is 11.5 Å². The molecule has 0 aliphatic carbocycles. The first-order valence-electron chi connectivity index (χ1n) is 7.28. The minimum Gasteiger partial charge on any atom is -0.486 e. The number of hydrogen-bond donors (Lipinski definition) is 2. The maximum atomic E-state index is 11.1. The number of anilines is 1. The Balaban J connectivity index is 1.79. The average Bonchev–Trinajstić information content (AvgIpc) is 2.60. The molecule has 0 aromatic heterocycles. The fraction of sp³-hybridized carbons (Fsp3) is 0.176. The highest BCUT2D eigenvalue weighted by Gasteiger charge is 2.13. The number of ether oxygens (including phenoxy) is 2. The van der Waals surface area contributed by atoms with E-state index in [0.717, 1.165) is 17.0 Å². The zero-order chi connectivity index (χ0) is 17.1. The Labute approximate surface area is 143 Å². The molecule has 6 nitrogen and oxygen atoms in total. The average molecular weight is 347 g/mol. The molecule has 0 saturated carbocycles. The molecule has 1 aliphatic heterocycles. The van der Waals surface area contributed by atoms with Gasteiger partial charge >= 0.3 is 5.97 Å². The lowest BCUT2D eigenvalue weighted by molar-refractivity contribution is 0.0697.